The van der Waals surface area contributed by atoms with Gasteiger partial charge in [0.05, 0.1) is 23.5 Å². The number of carbonyl (C=O) groups is 1. The molecule has 7 nitrogen and oxygen atoms in total. The molecule has 1 aromatic rings. The van der Waals surface area contributed by atoms with Crippen molar-refractivity contribution in [1.29, 1.82) is 0 Å². The number of piperidine rings is 3. The highest BCUT2D eigenvalue weighted by molar-refractivity contribution is 5.95. The van der Waals surface area contributed by atoms with E-state index in [1.807, 2.05) is 6.20 Å². The Labute approximate surface area is 191 Å². The Balaban J connectivity index is 1.25. The minimum atomic E-state index is 0.0506. The first-order chi connectivity index (χ1) is 15.5. The Morgan fingerprint density at radius 3 is 2.38 bits per heavy atom. The van der Waals surface area contributed by atoms with E-state index in [-0.39, 0.29) is 18.1 Å². The van der Waals surface area contributed by atoms with Gasteiger partial charge in [-0.1, -0.05) is 12.8 Å². The minimum absolute atomic E-state index is 0.0506. The molecule has 174 valence electrons. The van der Waals surface area contributed by atoms with E-state index in [9.17, 15) is 4.79 Å². The summed E-state index contributed by atoms with van der Waals surface area (Å²) in [4.78, 5) is 28.1. The third-order valence-electron chi connectivity index (χ3n) is 8.58. The van der Waals surface area contributed by atoms with Gasteiger partial charge in [-0.2, -0.15) is 0 Å². The summed E-state index contributed by atoms with van der Waals surface area (Å²) in [6, 6.07) is 0.312. The van der Waals surface area contributed by atoms with Crippen molar-refractivity contribution >= 4 is 11.9 Å². The molecule has 2 saturated carbocycles. The largest absolute Gasteiger partial charge is 0.372 e. The van der Waals surface area contributed by atoms with E-state index >= 15 is 0 Å². The number of anilines is 1. The van der Waals surface area contributed by atoms with Crippen LogP contribution in [0.2, 0.25) is 0 Å². The van der Waals surface area contributed by atoms with Gasteiger partial charge in [-0.15, -0.1) is 0 Å². The number of carbonyl (C=O) groups excluding carboxylic acids is 1. The van der Waals surface area contributed by atoms with Gasteiger partial charge in [0.1, 0.15) is 0 Å². The Morgan fingerprint density at radius 1 is 1.03 bits per heavy atom. The smallest absolute Gasteiger partial charge is 0.254 e. The summed E-state index contributed by atoms with van der Waals surface area (Å²) in [7, 11) is 0. The number of nitrogens with zero attached hydrogens (tertiary/aromatic N) is 4. The Hall–Kier alpha value is -1.73. The summed E-state index contributed by atoms with van der Waals surface area (Å²) in [5, 5.41) is 3.48. The molecular formula is C25H37N5O2. The fraction of sp³-hybridized carbons (Fsp3) is 0.800. The fourth-order valence-corrected chi connectivity index (χ4v) is 7.44. The second-order valence-corrected chi connectivity index (χ2v) is 11.2. The third-order valence-corrected chi connectivity index (χ3v) is 8.58. The Morgan fingerprint density at radius 2 is 1.72 bits per heavy atom. The molecule has 4 saturated heterocycles. The normalized spacial score (nSPS) is 38.9. The van der Waals surface area contributed by atoms with E-state index in [2.05, 4.69) is 29.0 Å². The number of aromatic nitrogens is 2. The second-order valence-electron chi connectivity index (χ2n) is 11.2. The molecule has 4 aliphatic heterocycles. The van der Waals surface area contributed by atoms with Gasteiger partial charge in [-0.05, 0) is 57.3 Å². The first-order valence-electron chi connectivity index (χ1n) is 12.8. The summed E-state index contributed by atoms with van der Waals surface area (Å²) < 4.78 is 5.90. The lowest BCUT2D eigenvalue weighted by atomic mass is 9.65. The molecule has 0 spiro atoms. The van der Waals surface area contributed by atoms with E-state index in [0.29, 0.717) is 29.4 Å². The number of rotatable bonds is 4. The number of ether oxygens (including phenoxy) is 1. The first kappa shape index (κ1) is 20.8. The van der Waals surface area contributed by atoms with Crippen LogP contribution in [-0.2, 0) is 4.74 Å². The van der Waals surface area contributed by atoms with Crippen LogP contribution in [0.5, 0.6) is 0 Å². The molecule has 4 bridgehead atoms. The summed E-state index contributed by atoms with van der Waals surface area (Å²) in [6.45, 7) is 9.36. The van der Waals surface area contributed by atoms with E-state index in [4.69, 9.17) is 14.7 Å². The molecule has 6 aliphatic rings. The highest BCUT2D eigenvalue weighted by atomic mass is 16.5. The molecular weight excluding hydrogens is 402 g/mol. The van der Waals surface area contributed by atoms with Crippen molar-refractivity contribution < 1.29 is 9.53 Å². The van der Waals surface area contributed by atoms with Gasteiger partial charge in [-0.25, -0.2) is 9.97 Å². The van der Waals surface area contributed by atoms with Gasteiger partial charge in [0, 0.05) is 50.9 Å². The molecule has 6 fully saturated rings. The van der Waals surface area contributed by atoms with E-state index in [1.165, 1.54) is 32.2 Å². The van der Waals surface area contributed by atoms with Crippen LogP contribution in [0.4, 0.5) is 5.95 Å². The second kappa shape index (κ2) is 8.24. The molecule has 0 aromatic carbocycles. The molecule has 7 rings (SSSR count). The van der Waals surface area contributed by atoms with E-state index in [1.54, 1.807) is 0 Å². The van der Waals surface area contributed by atoms with Crippen molar-refractivity contribution in [3.8, 4) is 0 Å². The van der Waals surface area contributed by atoms with Crippen LogP contribution < -0.4 is 10.2 Å². The summed E-state index contributed by atoms with van der Waals surface area (Å²) in [6.07, 6.45) is 9.38. The molecule has 32 heavy (non-hydrogen) atoms. The highest BCUT2D eigenvalue weighted by Crippen LogP contribution is 2.43. The van der Waals surface area contributed by atoms with Crippen molar-refractivity contribution in [3.63, 3.8) is 0 Å². The fourth-order valence-electron chi connectivity index (χ4n) is 7.44. The maximum atomic E-state index is 13.6. The summed E-state index contributed by atoms with van der Waals surface area (Å²) in [5.74, 6) is 3.24. The average Bonchev–Trinajstić information content (AvgIpc) is 3.29. The van der Waals surface area contributed by atoms with Crippen molar-refractivity contribution in [3.05, 3.63) is 17.5 Å². The molecule has 2 aliphatic carbocycles. The van der Waals surface area contributed by atoms with Crippen LogP contribution in [0, 0.1) is 17.8 Å². The van der Waals surface area contributed by atoms with Gasteiger partial charge in [0.25, 0.3) is 5.91 Å². The standard InChI is InChI=1S/C25H37N5O2/c1-15-10-30(11-16(2)32-15)25-26-9-21(23(28-25)18-5-3-4-6-18)24(31)27-22-19-7-17-8-20(22)14-29(12-17)13-19/h9,15-20,22H,3-8,10-14H2,1-2H3,(H,27,31)/t15-,16+,17?,19?,20?,22?. The van der Waals surface area contributed by atoms with Gasteiger partial charge in [-0.3, -0.25) is 4.79 Å². The minimum Gasteiger partial charge on any atom is -0.372 e. The number of nitrogens with one attached hydrogen (secondary N) is 1. The van der Waals surface area contributed by atoms with Crippen molar-refractivity contribution in [1.82, 2.24) is 20.2 Å². The van der Waals surface area contributed by atoms with Gasteiger partial charge >= 0.3 is 0 Å². The zero-order valence-corrected chi connectivity index (χ0v) is 19.5. The van der Waals surface area contributed by atoms with Crippen LogP contribution in [0.15, 0.2) is 6.20 Å². The Kier molecular flexibility index (Phi) is 5.37. The van der Waals surface area contributed by atoms with Crippen LogP contribution in [0.3, 0.4) is 0 Å². The molecule has 0 radical (unpaired) electrons. The third kappa shape index (κ3) is 3.81. The summed E-state index contributed by atoms with van der Waals surface area (Å²) in [5.41, 5.74) is 1.69. The average molecular weight is 440 g/mol. The monoisotopic (exact) mass is 439 g/mol. The van der Waals surface area contributed by atoms with Gasteiger partial charge in [0.15, 0.2) is 0 Å². The first-order valence-corrected chi connectivity index (χ1v) is 12.8. The topological polar surface area (TPSA) is 70.6 Å². The van der Waals surface area contributed by atoms with Crippen LogP contribution in [-0.4, -0.2) is 71.7 Å². The molecule has 5 heterocycles. The quantitative estimate of drug-likeness (QED) is 0.778. The van der Waals surface area contributed by atoms with Gasteiger partial charge in [0.2, 0.25) is 5.95 Å². The molecule has 2 unspecified atom stereocenters. The van der Waals surface area contributed by atoms with Crippen LogP contribution in [0.1, 0.15) is 74.3 Å². The molecule has 1 aromatic heterocycles. The van der Waals surface area contributed by atoms with Crippen LogP contribution >= 0.6 is 0 Å². The van der Waals surface area contributed by atoms with Crippen molar-refractivity contribution in [2.45, 2.75) is 76.5 Å². The SMILES string of the molecule is C[C@@H]1CN(c2ncc(C(=O)NC3C4CC5CC3CN(C5)C4)c(C3CCCC3)n2)C[C@H](C)O1. The number of hydrogen-bond acceptors (Lipinski definition) is 6. The lowest BCUT2D eigenvalue weighted by molar-refractivity contribution is -0.0419. The Bertz CT molecular complexity index is 832. The van der Waals surface area contributed by atoms with E-state index < -0.39 is 0 Å². The van der Waals surface area contributed by atoms with Crippen molar-refractivity contribution in [2.75, 3.05) is 37.6 Å². The zero-order chi connectivity index (χ0) is 21.8. The predicted molar refractivity (Wildman–Crippen MR) is 123 cm³/mol. The maximum Gasteiger partial charge on any atom is 0.254 e. The molecule has 1 amide bonds. The van der Waals surface area contributed by atoms with E-state index in [0.717, 1.165) is 56.6 Å². The number of morpholine rings is 1. The number of amides is 1. The lowest BCUT2D eigenvalue weighted by Crippen LogP contribution is -2.64. The predicted octanol–water partition coefficient (Wildman–Crippen LogP) is 2.82. The van der Waals surface area contributed by atoms with Gasteiger partial charge < -0.3 is 19.9 Å². The van der Waals surface area contributed by atoms with Crippen molar-refractivity contribution in [2.24, 2.45) is 17.8 Å². The number of hydrogen-bond donors (Lipinski definition) is 1. The molecule has 4 atom stereocenters. The molecule has 1 N–H and O–H groups in total. The maximum absolute atomic E-state index is 13.6. The van der Waals surface area contributed by atoms with Crippen LogP contribution in [0.25, 0.3) is 0 Å². The highest BCUT2D eigenvalue weighted by Gasteiger charge is 2.48. The summed E-state index contributed by atoms with van der Waals surface area (Å²) >= 11 is 0. The molecule has 7 heteroatoms. The zero-order valence-electron chi connectivity index (χ0n) is 19.5. The lowest BCUT2D eigenvalue weighted by Gasteiger charge is -2.55.